The first-order valence-corrected chi connectivity index (χ1v) is 6.45. The van der Waals surface area contributed by atoms with Crippen LogP contribution in [0.25, 0.3) is 0 Å². The third kappa shape index (κ3) is 3.88. The molecule has 0 spiro atoms. The fourth-order valence-electron chi connectivity index (χ4n) is 1.37. The van der Waals surface area contributed by atoms with Gasteiger partial charge in [-0.1, -0.05) is 0 Å². The van der Waals surface area contributed by atoms with Gasteiger partial charge in [0, 0.05) is 23.7 Å². The van der Waals surface area contributed by atoms with Crippen molar-refractivity contribution >= 4 is 28.5 Å². The van der Waals surface area contributed by atoms with Crippen LogP contribution in [0.4, 0.5) is 8.78 Å². The van der Waals surface area contributed by atoms with Crippen LogP contribution in [0.15, 0.2) is 12.1 Å². The minimum Gasteiger partial charge on any atom is -0.340 e. The van der Waals surface area contributed by atoms with Crippen LogP contribution in [0.5, 0.6) is 0 Å². The summed E-state index contributed by atoms with van der Waals surface area (Å²) in [5, 5.41) is 0. The van der Waals surface area contributed by atoms with E-state index >= 15 is 0 Å². The van der Waals surface area contributed by atoms with Gasteiger partial charge in [0.25, 0.3) is 5.91 Å². The molecule has 0 bridgehead atoms. The van der Waals surface area contributed by atoms with Crippen LogP contribution >= 0.6 is 22.6 Å². The molecule has 0 aliphatic heterocycles. The van der Waals surface area contributed by atoms with Gasteiger partial charge in [-0.3, -0.25) is 4.79 Å². The highest BCUT2D eigenvalue weighted by molar-refractivity contribution is 14.1. The number of benzene rings is 1. The van der Waals surface area contributed by atoms with Crippen molar-refractivity contribution in [2.45, 2.75) is 0 Å². The van der Waals surface area contributed by atoms with Gasteiger partial charge in [-0.25, -0.2) is 8.78 Å². The van der Waals surface area contributed by atoms with E-state index in [1.807, 2.05) is 41.6 Å². The fourth-order valence-corrected chi connectivity index (χ4v) is 1.95. The summed E-state index contributed by atoms with van der Waals surface area (Å²) in [4.78, 5) is 15.3. The molecule has 0 atom stereocenters. The molecule has 0 aromatic heterocycles. The van der Waals surface area contributed by atoms with Crippen molar-refractivity contribution in [2.75, 3.05) is 34.2 Å². The Morgan fingerprint density at radius 1 is 1.22 bits per heavy atom. The Kier molecular flexibility index (Phi) is 5.46. The first-order valence-electron chi connectivity index (χ1n) is 5.37. The molecule has 0 fully saturated rings. The highest BCUT2D eigenvalue weighted by Gasteiger charge is 2.19. The molecule has 1 aromatic rings. The van der Waals surface area contributed by atoms with Crippen molar-refractivity contribution in [3.63, 3.8) is 0 Å². The second-order valence-electron chi connectivity index (χ2n) is 4.28. The van der Waals surface area contributed by atoms with Gasteiger partial charge in [-0.15, -0.1) is 0 Å². The highest BCUT2D eigenvalue weighted by atomic mass is 127. The zero-order chi connectivity index (χ0) is 13.9. The average molecular weight is 368 g/mol. The van der Waals surface area contributed by atoms with Gasteiger partial charge in [0.1, 0.15) is 0 Å². The standard InChI is InChI=1S/C12H15F2IN2O/c1-16(2)4-5-17(3)12(18)9-6-8(15)7-10(13)11(9)14/h6-7H,4-5H2,1-3H3. The maximum absolute atomic E-state index is 13.6. The quantitative estimate of drug-likeness (QED) is 0.601. The smallest absolute Gasteiger partial charge is 0.256 e. The van der Waals surface area contributed by atoms with Crippen LogP contribution < -0.4 is 0 Å². The number of likely N-dealkylation sites (N-methyl/N-ethyl adjacent to an activating group) is 2. The van der Waals surface area contributed by atoms with E-state index in [2.05, 4.69) is 0 Å². The Bertz CT molecular complexity index is 452. The van der Waals surface area contributed by atoms with Crippen LogP contribution in [0.2, 0.25) is 0 Å². The summed E-state index contributed by atoms with van der Waals surface area (Å²) >= 11 is 1.85. The number of amides is 1. The maximum Gasteiger partial charge on any atom is 0.256 e. The van der Waals surface area contributed by atoms with Crippen molar-refractivity contribution in [3.8, 4) is 0 Å². The molecule has 1 rings (SSSR count). The monoisotopic (exact) mass is 368 g/mol. The summed E-state index contributed by atoms with van der Waals surface area (Å²) in [6.45, 7) is 1.12. The summed E-state index contributed by atoms with van der Waals surface area (Å²) < 4.78 is 27.3. The average Bonchev–Trinajstić information content (AvgIpc) is 2.29. The molecule has 0 heterocycles. The van der Waals surface area contributed by atoms with E-state index in [0.717, 1.165) is 6.07 Å². The minimum atomic E-state index is -1.09. The largest absolute Gasteiger partial charge is 0.340 e. The van der Waals surface area contributed by atoms with Crippen molar-refractivity contribution < 1.29 is 13.6 Å². The number of hydrogen-bond acceptors (Lipinski definition) is 2. The lowest BCUT2D eigenvalue weighted by atomic mass is 10.2. The summed E-state index contributed by atoms with van der Waals surface area (Å²) in [6, 6.07) is 2.42. The second-order valence-corrected chi connectivity index (χ2v) is 5.52. The van der Waals surface area contributed by atoms with E-state index in [9.17, 15) is 13.6 Å². The molecule has 0 saturated carbocycles. The molecule has 0 radical (unpaired) electrons. The molecule has 6 heteroatoms. The molecule has 1 amide bonds. The van der Waals surface area contributed by atoms with Crippen molar-refractivity contribution in [3.05, 3.63) is 32.9 Å². The summed E-state index contributed by atoms with van der Waals surface area (Å²) in [5.41, 5.74) is -0.222. The van der Waals surface area contributed by atoms with E-state index in [1.54, 1.807) is 7.05 Å². The normalized spacial score (nSPS) is 10.8. The van der Waals surface area contributed by atoms with Crippen LogP contribution in [0.1, 0.15) is 10.4 Å². The van der Waals surface area contributed by atoms with Crippen LogP contribution in [0, 0.1) is 15.2 Å². The van der Waals surface area contributed by atoms with Gasteiger partial charge in [0.2, 0.25) is 0 Å². The fraction of sp³-hybridized carbons (Fsp3) is 0.417. The van der Waals surface area contributed by atoms with Gasteiger partial charge in [0.15, 0.2) is 11.6 Å². The molecule has 0 saturated heterocycles. The minimum absolute atomic E-state index is 0.222. The molecule has 0 unspecified atom stereocenters. The predicted molar refractivity (Wildman–Crippen MR) is 74.6 cm³/mol. The van der Waals surface area contributed by atoms with Gasteiger partial charge in [-0.05, 0) is 48.8 Å². The van der Waals surface area contributed by atoms with E-state index in [1.165, 1.54) is 11.0 Å². The third-order valence-corrected chi connectivity index (χ3v) is 3.08. The van der Waals surface area contributed by atoms with E-state index in [0.29, 0.717) is 16.7 Å². The van der Waals surface area contributed by atoms with Gasteiger partial charge >= 0.3 is 0 Å². The van der Waals surface area contributed by atoms with Gasteiger partial charge < -0.3 is 9.80 Å². The topological polar surface area (TPSA) is 23.6 Å². The maximum atomic E-state index is 13.6. The van der Waals surface area contributed by atoms with E-state index in [4.69, 9.17) is 0 Å². The first kappa shape index (κ1) is 15.3. The third-order valence-electron chi connectivity index (χ3n) is 2.45. The predicted octanol–water partition coefficient (Wildman–Crippen LogP) is 2.20. The zero-order valence-corrected chi connectivity index (χ0v) is 12.7. The number of nitrogens with zero attached hydrogens (tertiary/aromatic N) is 2. The summed E-state index contributed by atoms with van der Waals surface area (Å²) in [5.74, 6) is -2.59. The molecule has 18 heavy (non-hydrogen) atoms. The Morgan fingerprint density at radius 2 is 1.83 bits per heavy atom. The lowest BCUT2D eigenvalue weighted by Gasteiger charge is -2.20. The number of halogens is 3. The number of carbonyl (C=O) groups is 1. The Morgan fingerprint density at radius 3 is 2.39 bits per heavy atom. The zero-order valence-electron chi connectivity index (χ0n) is 10.5. The summed E-state index contributed by atoms with van der Waals surface area (Å²) in [7, 11) is 5.33. The van der Waals surface area contributed by atoms with E-state index in [-0.39, 0.29) is 5.56 Å². The lowest BCUT2D eigenvalue weighted by Crippen LogP contribution is -2.34. The van der Waals surface area contributed by atoms with Gasteiger partial charge in [-0.2, -0.15) is 0 Å². The molecule has 3 nitrogen and oxygen atoms in total. The lowest BCUT2D eigenvalue weighted by molar-refractivity contribution is 0.0780. The number of carbonyl (C=O) groups excluding carboxylic acids is 1. The molecule has 0 aliphatic carbocycles. The van der Waals surface area contributed by atoms with Crippen LogP contribution in [-0.2, 0) is 0 Å². The second kappa shape index (κ2) is 6.42. The Labute approximate surface area is 119 Å². The molecule has 1 aromatic carbocycles. The first-order chi connectivity index (χ1) is 8.32. The molecule has 0 N–H and O–H groups in total. The Hall–Kier alpha value is -0.760. The molecule has 0 aliphatic rings. The van der Waals surface area contributed by atoms with Crippen molar-refractivity contribution in [1.82, 2.24) is 9.80 Å². The number of rotatable bonds is 4. The summed E-state index contributed by atoms with van der Waals surface area (Å²) in [6.07, 6.45) is 0. The molecule has 100 valence electrons. The van der Waals surface area contributed by atoms with Gasteiger partial charge in [0.05, 0.1) is 5.56 Å². The van der Waals surface area contributed by atoms with Crippen LogP contribution in [0.3, 0.4) is 0 Å². The highest BCUT2D eigenvalue weighted by Crippen LogP contribution is 2.17. The Balaban J connectivity index is 2.90. The number of hydrogen-bond donors (Lipinski definition) is 0. The van der Waals surface area contributed by atoms with Crippen LogP contribution in [-0.4, -0.2) is 49.9 Å². The van der Waals surface area contributed by atoms with E-state index < -0.39 is 17.5 Å². The molecular weight excluding hydrogens is 353 g/mol. The molecular formula is C12H15F2IN2O. The van der Waals surface area contributed by atoms with Crippen molar-refractivity contribution in [2.24, 2.45) is 0 Å². The van der Waals surface area contributed by atoms with Crippen molar-refractivity contribution in [1.29, 1.82) is 0 Å². The SMILES string of the molecule is CN(C)CCN(C)C(=O)c1cc(I)cc(F)c1F.